The van der Waals surface area contributed by atoms with Crippen molar-refractivity contribution in [3.05, 3.63) is 58.6 Å². The number of rotatable bonds is 9. The third-order valence-electron chi connectivity index (χ3n) is 3.60. The maximum atomic E-state index is 6.03. The van der Waals surface area contributed by atoms with Gasteiger partial charge in [-0.2, -0.15) is 0 Å². The molecule has 4 heteroatoms. The molecule has 0 unspecified atom stereocenters. The molecule has 0 aromatic heterocycles. The number of hydrogen-bond acceptors (Lipinski definition) is 3. The molecule has 0 bridgehead atoms. The number of unbranched alkanes of at least 4 members (excludes halogenated alkanes) is 1. The van der Waals surface area contributed by atoms with Crippen molar-refractivity contribution in [2.75, 3.05) is 13.7 Å². The number of hydrogen-bond donors (Lipinski definition) is 1. The Morgan fingerprint density at radius 1 is 1.09 bits per heavy atom. The van der Waals surface area contributed by atoms with Gasteiger partial charge in [0.05, 0.1) is 7.11 Å². The van der Waals surface area contributed by atoms with Crippen LogP contribution in [0.4, 0.5) is 0 Å². The monoisotopic (exact) mass is 333 g/mol. The Labute approximate surface area is 143 Å². The molecule has 0 spiro atoms. The number of ether oxygens (including phenoxy) is 2. The Morgan fingerprint density at radius 2 is 1.87 bits per heavy atom. The summed E-state index contributed by atoms with van der Waals surface area (Å²) in [4.78, 5) is 0. The third kappa shape index (κ3) is 5.45. The van der Waals surface area contributed by atoms with Crippen LogP contribution in [0.2, 0.25) is 5.02 Å². The molecule has 0 heterocycles. The molecule has 0 saturated carbocycles. The summed E-state index contributed by atoms with van der Waals surface area (Å²) in [5.74, 6) is 1.56. The molecule has 2 aromatic rings. The fourth-order valence-corrected chi connectivity index (χ4v) is 2.41. The number of para-hydroxylation sites is 1. The Hall–Kier alpha value is -1.71. The van der Waals surface area contributed by atoms with Crippen molar-refractivity contribution in [1.82, 2.24) is 5.32 Å². The van der Waals surface area contributed by atoms with Crippen LogP contribution in [0.15, 0.2) is 42.5 Å². The van der Waals surface area contributed by atoms with Crippen molar-refractivity contribution >= 4 is 11.6 Å². The zero-order valence-corrected chi connectivity index (χ0v) is 14.5. The lowest BCUT2D eigenvalue weighted by molar-refractivity contribution is 0.280. The van der Waals surface area contributed by atoms with E-state index < -0.39 is 0 Å². The van der Waals surface area contributed by atoms with Gasteiger partial charge in [0.2, 0.25) is 0 Å². The molecule has 3 nitrogen and oxygen atoms in total. The maximum Gasteiger partial charge on any atom is 0.166 e. The quantitative estimate of drug-likeness (QED) is 0.667. The van der Waals surface area contributed by atoms with Crippen molar-refractivity contribution in [1.29, 1.82) is 0 Å². The Balaban J connectivity index is 2.06. The van der Waals surface area contributed by atoms with Gasteiger partial charge in [0, 0.05) is 17.1 Å². The summed E-state index contributed by atoms with van der Waals surface area (Å²) in [5, 5.41) is 4.18. The first kappa shape index (κ1) is 17.6. The number of halogens is 1. The first-order valence-electron chi connectivity index (χ1n) is 7.98. The summed E-state index contributed by atoms with van der Waals surface area (Å²) in [5.41, 5.74) is 2.18. The minimum atomic E-state index is 0.486. The van der Waals surface area contributed by atoms with Gasteiger partial charge in [0.25, 0.3) is 0 Å². The largest absolute Gasteiger partial charge is 0.493 e. The van der Waals surface area contributed by atoms with Crippen molar-refractivity contribution in [3.63, 3.8) is 0 Å². The molecular formula is C19H24ClNO2. The number of benzene rings is 2. The molecule has 0 fully saturated rings. The van der Waals surface area contributed by atoms with E-state index in [0.717, 1.165) is 40.7 Å². The van der Waals surface area contributed by atoms with E-state index in [-0.39, 0.29) is 0 Å². The van der Waals surface area contributed by atoms with E-state index in [1.807, 2.05) is 36.4 Å². The highest BCUT2D eigenvalue weighted by atomic mass is 35.5. The first-order chi connectivity index (χ1) is 11.2. The van der Waals surface area contributed by atoms with Crippen molar-refractivity contribution in [2.45, 2.75) is 32.9 Å². The molecule has 23 heavy (non-hydrogen) atoms. The van der Waals surface area contributed by atoms with Crippen LogP contribution in [0.25, 0.3) is 0 Å². The predicted octanol–water partition coefficient (Wildman–Crippen LogP) is 4.82. The zero-order valence-electron chi connectivity index (χ0n) is 13.8. The highest BCUT2D eigenvalue weighted by Crippen LogP contribution is 2.31. The fraction of sp³-hybridized carbons (Fsp3) is 0.368. The third-order valence-corrected chi connectivity index (χ3v) is 3.85. The van der Waals surface area contributed by atoms with Crippen LogP contribution in [0.3, 0.4) is 0 Å². The normalized spacial score (nSPS) is 10.6. The van der Waals surface area contributed by atoms with Crippen LogP contribution in [0.5, 0.6) is 11.5 Å². The van der Waals surface area contributed by atoms with Crippen LogP contribution in [-0.4, -0.2) is 13.7 Å². The molecule has 0 aliphatic carbocycles. The van der Waals surface area contributed by atoms with E-state index in [0.29, 0.717) is 6.61 Å². The van der Waals surface area contributed by atoms with Crippen LogP contribution < -0.4 is 14.8 Å². The standard InChI is InChI=1S/C19H24ClNO2/c1-3-4-12-21-13-16-6-5-7-18(22-2)19(16)23-14-15-8-10-17(20)11-9-15/h5-11,21H,3-4,12-14H2,1-2H3. The molecule has 0 aliphatic rings. The highest BCUT2D eigenvalue weighted by Gasteiger charge is 2.10. The van der Waals surface area contributed by atoms with E-state index in [9.17, 15) is 0 Å². The fourth-order valence-electron chi connectivity index (χ4n) is 2.29. The minimum Gasteiger partial charge on any atom is -0.493 e. The average molecular weight is 334 g/mol. The van der Waals surface area contributed by atoms with Gasteiger partial charge in [-0.3, -0.25) is 0 Å². The van der Waals surface area contributed by atoms with Crippen LogP contribution in [-0.2, 0) is 13.2 Å². The summed E-state index contributed by atoms with van der Waals surface area (Å²) >= 11 is 5.92. The lowest BCUT2D eigenvalue weighted by Crippen LogP contribution is -2.15. The van der Waals surface area contributed by atoms with Gasteiger partial charge in [-0.05, 0) is 36.7 Å². The zero-order chi connectivity index (χ0) is 16.5. The molecule has 2 aromatic carbocycles. The van der Waals surface area contributed by atoms with Gasteiger partial charge in [0.15, 0.2) is 11.5 Å². The molecule has 0 atom stereocenters. The van der Waals surface area contributed by atoms with Gasteiger partial charge in [0.1, 0.15) is 6.61 Å². The second-order valence-corrected chi connectivity index (χ2v) is 5.83. The number of nitrogens with one attached hydrogen (secondary N) is 1. The van der Waals surface area contributed by atoms with Gasteiger partial charge >= 0.3 is 0 Å². The molecule has 0 amide bonds. The SMILES string of the molecule is CCCCNCc1cccc(OC)c1OCc1ccc(Cl)cc1. The number of methoxy groups -OCH3 is 1. The molecule has 1 N–H and O–H groups in total. The second kappa shape index (κ2) is 9.43. The molecule has 124 valence electrons. The van der Waals surface area contributed by atoms with Crippen LogP contribution in [0.1, 0.15) is 30.9 Å². The lowest BCUT2D eigenvalue weighted by atomic mass is 10.1. The molecule has 0 saturated heterocycles. The maximum absolute atomic E-state index is 6.03. The Morgan fingerprint density at radius 3 is 2.57 bits per heavy atom. The summed E-state index contributed by atoms with van der Waals surface area (Å²) in [6.45, 7) is 4.45. The van der Waals surface area contributed by atoms with Gasteiger partial charge < -0.3 is 14.8 Å². The smallest absolute Gasteiger partial charge is 0.166 e. The summed E-state index contributed by atoms with van der Waals surface area (Å²) in [7, 11) is 1.67. The van der Waals surface area contributed by atoms with E-state index >= 15 is 0 Å². The van der Waals surface area contributed by atoms with Crippen LogP contribution in [0, 0.1) is 0 Å². The molecular weight excluding hydrogens is 310 g/mol. The molecule has 0 radical (unpaired) electrons. The van der Waals surface area contributed by atoms with Gasteiger partial charge in [-0.25, -0.2) is 0 Å². The van der Waals surface area contributed by atoms with Crippen molar-refractivity contribution in [3.8, 4) is 11.5 Å². The first-order valence-corrected chi connectivity index (χ1v) is 8.36. The molecule has 2 rings (SSSR count). The summed E-state index contributed by atoms with van der Waals surface area (Å²) in [6, 6.07) is 13.7. The van der Waals surface area contributed by atoms with Gasteiger partial charge in [-0.1, -0.05) is 49.2 Å². The van der Waals surface area contributed by atoms with E-state index in [1.54, 1.807) is 7.11 Å². The Bertz CT molecular complexity index is 599. The minimum absolute atomic E-state index is 0.486. The predicted molar refractivity (Wildman–Crippen MR) is 95.4 cm³/mol. The van der Waals surface area contributed by atoms with Crippen LogP contribution >= 0.6 is 11.6 Å². The summed E-state index contributed by atoms with van der Waals surface area (Å²) < 4.78 is 11.5. The highest BCUT2D eigenvalue weighted by molar-refractivity contribution is 6.30. The van der Waals surface area contributed by atoms with Gasteiger partial charge in [-0.15, -0.1) is 0 Å². The van der Waals surface area contributed by atoms with E-state index in [2.05, 4.69) is 18.3 Å². The van der Waals surface area contributed by atoms with Crippen molar-refractivity contribution in [2.24, 2.45) is 0 Å². The molecule has 0 aliphatic heterocycles. The van der Waals surface area contributed by atoms with E-state index in [4.69, 9.17) is 21.1 Å². The average Bonchev–Trinajstić information content (AvgIpc) is 2.58. The summed E-state index contributed by atoms with van der Waals surface area (Å²) in [6.07, 6.45) is 2.36. The topological polar surface area (TPSA) is 30.5 Å². The lowest BCUT2D eigenvalue weighted by Gasteiger charge is -2.15. The van der Waals surface area contributed by atoms with Crippen molar-refractivity contribution < 1.29 is 9.47 Å². The Kier molecular flexibility index (Phi) is 7.24. The second-order valence-electron chi connectivity index (χ2n) is 5.39. The van der Waals surface area contributed by atoms with E-state index in [1.165, 1.54) is 12.8 Å².